The van der Waals surface area contributed by atoms with Crippen LogP contribution in [0.25, 0.3) is 20.4 Å². The number of aliphatic hydroxyl groups excluding tert-OH is 1. The standard InChI is InChI=1S/C35H38N4O6S2/c40-27(25-12-13-28(41)30-31(25)47-34(43)37-30)6-3-4-23-8-10-24(11-9-23)44-20-18-38-16-14-35(15-17-38)22-39(19-21-45-35)33(42)32-36-26-5-1-2-7-29(26)46-32/h1-2,5,7-13,27,40-41H,3-4,6,14-22H2,(H,37,43)/t27-/m0/s1. The number of aromatic nitrogens is 2. The van der Waals surface area contributed by atoms with Crippen molar-refractivity contribution in [2.45, 2.75) is 43.8 Å². The van der Waals surface area contributed by atoms with Gasteiger partial charge in [-0.25, -0.2) is 4.98 Å². The van der Waals surface area contributed by atoms with Gasteiger partial charge in [0.05, 0.1) is 39.8 Å². The molecule has 0 radical (unpaired) electrons. The van der Waals surface area contributed by atoms with E-state index in [9.17, 15) is 19.8 Å². The van der Waals surface area contributed by atoms with Crippen molar-refractivity contribution in [1.82, 2.24) is 19.8 Å². The molecule has 1 spiro atoms. The SMILES string of the molecule is O=C(c1nc2ccccc2s1)N1CCOC2(CCN(CCOc3ccc(CCC[C@H](O)c4ccc(O)c5[nH]c(=O)sc45)cc3)CC2)C1. The molecular weight excluding hydrogens is 637 g/mol. The zero-order valence-corrected chi connectivity index (χ0v) is 27.7. The maximum absolute atomic E-state index is 13.3. The van der Waals surface area contributed by atoms with E-state index in [0.29, 0.717) is 53.5 Å². The zero-order chi connectivity index (χ0) is 32.4. The Morgan fingerprint density at radius 2 is 1.87 bits per heavy atom. The normalized spacial score (nSPS) is 17.4. The number of nitrogens with zero attached hydrogens (tertiary/aromatic N) is 3. The number of thiazole rings is 2. The molecule has 12 heteroatoms. The van der Waals surface area contributed by atoms with Crippen LogP contribution in [0, 0.1) is 0 Å². The molecule has 3 aromatic carbocycles. The number of carbonyl (C=O) groups excluding carboxylic acids is 1. The molecule has 0 unspecified atom stereocenters. The van der Waals surface area contributed by atoms with E-state index in [-0.39, 0.29) is 22.1 Å². The minimum atomic E-state index is -0.715. The Labute approximate surface area is 280 Å². The Bertz CT molecular complexity index is 1880. The number of likely N-dealkylation sites (tertiary alicyclic amines) is 1. The van der Waals surface area contributed by atoms with E-state index in [1.54, 1.807) is 6.07 Å². The number of hydrogen-bond donors (Lipinski definition) is 3. The number of phenolic OH excluding ortho intramolecular Hbond substituents is 1. The topological polar surface area (TPSA) is 128 Å². The summed E-state index contributed by atoms with van der Waals surface area (Å²) < 4.78 is 14.0. The lowest BCUT2D eigenvalue weighted by Gasteiger charge is -2.47. The summed E-state index contributed by atoms with van der Waals surface area (Å²) in [5.74, 6) is 0.842. The number of carbonyl (C=O) groups is 1. The van der Waals surface area contributed by atoms with Gasteiger partial charge >= 0.3 is 4.87 Å². The molecule has 0 bridgehead atoms. The van der Waals surface area contributed by atoms with Crippen LogP contribution in [-0.2, 0) is 11.2 Å². The molecule has 2 fully saturated rings. The lowest BCUT2D eigenvalue weighted by atomic mass is 9.89. The second kappa shape index (κ2) is 13.7. The molecule has 2 aromatic heterocycles. The maximum Gasteiger partial charge on any atom is 0.305 e. The van der Waals surface area contributed by atoms with Gasteiger partial charge in [-0.3, -0.25) is 14.5 Å². The second-order valence-corrected chi connectivity index (χ2v) is 14.4. The fourth-order valence-corrected chi connectivity index (χ4v) is 8.46. The van der Waals surface area contributed by atoms with Crippen molar-refractivity contribution >= 4 is 49.0 Å². The fourth-order valence-electron chi connectivity index (χ4n) is 6.61. The Morgan fingerprint density at radius 1 is 1.06 bits per heavy atom. The van der Waals surface area contributed by atoms with Crippen LogP contribution in [0.4, 0.5) is 0 Å². The highest BCUT2D eigenvalue weighted by molar-refractivity contribution is 7.20. The first-order chi connectivity index (χ1) is 22.9. The molecule has 0 aliphatic carbocycles. The number of aromatic amines is 1. The van der Waals surface area contributed by atoms with Gasteiger partial charge in [0.25, 0.3) is 5.91 Å². The van der Waals surface area contributed by atoms with E-state index >= 15 is 0 Å². The number of rotatable bonds is 10. The Hall–Kier alpha value is -3.81. The van der Waals surface area contributed by atoms with E-state index in [0.717, 1.165) is 78.2 Å². The molecule has 47 heavy (non-hydrogen) atoms. The fraction of sp³-hybridized carbons (Fsp3) is 0.400. The largest absolute Gasteiger partial charge is 0.506 e. The third-order valence-electron chi connectivity index (χ3n) is 9.27. The van der Waals surface area contributed by atoms with Crippen molar-refractivity contribution < 1.29 is 24.5 Å². The third kappa shape index (κ3) is 7.07. The van der Waals surface area contributed by atoms with Crippen molar-refractivity contribution in [1.29, 1.82) is 0 Å². The van der Waals surface area contributed by atoms with Crippen LogP contribution in [0.15, 0.2) is 65.5 Å². The first-order valence-corrected chi connectivity index (χ1v) is 17.7. The Kier molecular flexibility index (Phi) is 9.29. The van der Waals surface area contributed by atoms with Gasteiger partial charge in [-0.15, -0.1) is 11.3 Å². The molecule has 246 valence electrons. The molecule has 7 rings (SSSR count). The van der Waals surface area contributed by atoms with Crippen LogP contribution in [0.2, 0.25) is 0 Å². The van der Waals surface area contributed by atoms with E-state index in [1.807, 2.05) is 41.3 Å². The van der Waals surface area contributed by atoms with Crippen LogP contribution >= 0.6 is 22.7 Å². The average molecular weight is 675 g/mol. The summed E-state index contributed by atoms with van der Waals surface area (Å²) in [6.45, 7) is 4.96. The number of piperidine rings is 1. The number of para-hydroxylation sites is 1. The summed E-state index contributed by atoms with van der Waals surface area (Å²) in [5, 5.41) is 21.3. The number of phenols is 1. The minimum absolute atomic E-state index is 0.000885. The predicted octanol–water partition coefficient (Wildman–Crippen LogP) is 5.35. The number of aromatic hydroxyl groups is 1. The number of aliphatic hydroxyl groups is 1. The van der Waals surface area contributed by atoms with Crippen molar-refractivity contribution in [3.8, 4) is 11.5 Å². The molecule has 5 aromatic rings. The zero-order valence-electron chi connectivity index (χ0n) is 26.0. The molecule has 3 N–H and O–H groups in total. The molecule has 0 saturated carbocycles. The van der Waals surface area contributed by atoms with E-state index < -0.39 is 6.10 Å². The number of ether oxygens (including phenoxy) is 2. The summed E-state index contributed by atoms with van der Waals surface area (Å²) in [6, 6.07) is 19.2. The van der Waals surface area contributed by atoms with Crippen molar-refractivity contribution in [2.75, 3.05) is 45.9 Å². The van der Waals surface area contributed by atoms with Crippen molar-refractivity contribution in [3.63, 3.8) is 0 Å². The molecule has 4 heterocycles. The smallest absolute Gasteiger partial charge is 0.305 e. The summed E-state index contributed by atoms with van der Waals surface area (Å²) >= 11 is 2.46. The van der Waals surface area contributed by atoms with Gasteiger partial charge in [-0.2, -0.15) is 0 Å². The van der Waals surface area contributed by atoms with Gasteiger partial charge in [0.15, 0.2) is 5.01 Å². The van der Waals surface area contributed by atoms with Gasteiger partial charge in [0.1, 0.15) is 23.6 Å². The highest BCUT2D eigenvalue weighted by Gasteiger charge is 2.41. The summed E-state index contributed by atoms with van der Waals surface area (Å²) in [5.41, 5.74) is 2.78. The average Bonchev–Trinajstić information content (AvgIpc) is 3.70. The molecule has 10 nitrogen and oxygen atoms in total. The van der Waals surface area contributed by atoms with Crippen LogP contribution in [0.1, 0.15) is 52.7 Å². The quantitative estimate of drug-likeness (QED) is 0.181. The highest BCUT2D eigenvalue weighted by Crippen LogP contribution is 2.34. The number of benzene rings is 3. The van der Waals surface area contributed by atoms with E-state index in [1.165, 1.54) is 17.4 Å². The molecule has 1 atom stereocenters. The van der Waals surface area contributed by atoms with E-state index in [2.05, 4.69) is 27.0 Å². The van der Waals surface area contributed by atoms with E-state index in [4.69, 9.17) is 9.47 Å². The minimum Gasteiger partial charge on any atom is -0.506 e. The number of fused-ring (bicyclic) bond motifs is 2. The Morgan fingerprint density at radius 3 is 2.68 bits per heavy atom. The summed E-state index contributed by atoms with van der Waals surface area (Å²) in [7, 11) is 0. The van der Waals surface area contributed by atoms with Gasteiger partial charge in [0.2, 0.25) is 0 Å². The monoisotopic (exact) mass is 674 g/mol. The molecule has 2 saturated heterocycles. The second-order valence-electron chi connectivity index (χ2n) is 12.4. The van der Waals surface area contributed by atoms with Crippen molar-refractivity contribution in [2.24, 2.45) is 0 Å². The number of H-pyrrole nitrogens is 1. The lowest BCUT2D eigenvalue weighted by Crippen LogP contribution is -2.58. The summed E-state index contributed by atoms with van der Waals surface area (Å²) in [6.07, 6.45) is 3.17. The molecule has 1 amide bonds. The molecule has 2 aliphatic heterocycles. The van der Waals surface area contributed by atoms with Gasteiger partial charge in [-0.1, -0.05) is 41.7 Å². The van der Waals surface area contributed by atoms with Crippen molar-refractivity contribution in [3.05, 3.63) is 86.5 Å². The van der Waals surface area contributed by atoms with Crippen LogP contribution < -0.4 is 9.61 Å². The Balaban J connectivity index is 0.832. The number of aryl methyl sites for hydroxylation is 1. The van der Waals surface area contributed by atoms with Crippen LogP contribution in [0.3, 0.4) is 0 Å². The third-order valence-corrected chi connectivity index (χ3v) is 11.2. The van der Waals surface area contributed by atoms with Crippen LogP contribution in [-0.4, -0.2) is 87.4 Å². The maximum atomic E-state index is 13.3. The lowest BCUT2D eigenvalue weighted by molar-refractivity contribution is -0.127. The van der Waals surface area contributed by atoms with Gasteiger partial charge < -0.3 is 29.6 Å². The number of nitrogens with one attached hydrogen (secondary N) is 1. The summed E-state index contributed by atoms with van der Waals surface area (Å²) in [4.78, 5) is 36.4. The first-order valence-electron chi connectivity index (χ1n) is 16.1. The highest BCUT2D eigenvalue weighted by atomic mass is 32.1. The van der Waals surface area contributed by atoms with Gasteiger partial charge in [0, 0.05) is 31.7 Å². The predicted molar refractivity (Wildman–Crippen MR) is 184 cm³/mol. The number of hydrogen-bond acceptors (Lipinski definition) is 10. The number of amides is 1. The molecule has 2 aliphatic rings. The van der Waals surface area contributed by atoms with Gasteiger partial charge in [-0.05, 0) is 68.0 Å². The number of morpholine rings is 1. The van der Waals surface area contributed by atoms with Crippen LogP contribution in [0.5, 0.6) is 11.5 Å². The first kappa shape index (κ1) is 31.8. The molecular formula is C35H38N4O6S2.